The first-order chi connectivity index (χ1) is 12.4. The fourth-order valence-corrected chi connectivity index (χ4v) is 3.71. The van der Waals surface area contributed by atoms with Crippen molar-refractivity contribution in [1.82, 2.24) is 9.80 Å². The molecule has 0 saturated carbocycles. The van der Waals surface area contributed by atoms with Gasteiger partial charge in [0.25, 0.3) is 5.91 Å². The zero-order chi connectivity index (χ0) is 18.4. The van der Waals surface area contributed by atoms with Crippen LogP contribution in [0.5, 0.6) is 0 Å². The van der Waals surface area contributed by atoms with Crippen LogP contribution in [0.4, 0.5) is 0 Å². The number of likely N-dealkylation sites (tertiary alicyclic amines) is 1. The third kappa shape index (κ3) is 2.87. The van der Waals surface area contributed by atoms with Crippen LogP contribution in [0.1, 0.15) is 16.8 Å². The molecular weight excluding hydrogens is 360 g/mol. The normalized spacial score (nSPS) is 23.2. The Hall–Kier alpha value is -2.38. The van der Waals surface area contributed by atoms with Crippen LogP contribution < -0.4 is 5.63 Å². The average molecular weight is 377 g/mol. The Balaban J connectivity index is 1.64. The monoisotopic (exact) mass is 376 g/mol. The summed E-state index contributed by atoms with van der Waals surface area (Å²) in [6, 6.07) is 6.14. The zero-order valence-corrected chi connectivity index (χ0v) is 14.9. The highest BCUT2D eigenvalue weighted by atomic mass is 35.5. The van der Waals surface area contributed by atoms with Crippen LogP contribution in [0.3, 0.4) is 0 Å². The van der Waals surface area contributed by atoms with Crippen molar-refractivity contribution in [2.75, 3.05) is 26.7 Å². The molecule has 0 bridgehead atoms. The number of fused-ring (bicyclic) bond motifs is 2. The van der Waals surface area contributed by atoms with Crippen molar-refractivity contribution < 1.29 is 18.7 Å². The van der Waals surface area contributed by atoms with Crippen molar-refractivity contribution in [2.45, 2.75) is 18.6 Å². The van der Waals surface area contributed by atoms with Gasteiger partial charge in [-0.3, -0.25) is 9.59 Å². The van der Waals surface area contributed by atoms with Gasteiger partial charge in [-0.1, -0.05) is 11.6 Å². The van der Waals surface area contributed by atoms with Crippen LogP contribution in [0, 0.1) is 0 Å². The Labute approximate surface area is 154 Å². The molecule has 8 heteroatoms. The first kappa shape index (κ1) is 17.1. The van der Waals surface area contributed by atoms with Crippen molar-refractivity contribution in [3.8, 4) is 0 Å². The van der Waals surface area contributed by atoms with Crippen LogP contribution in [-0.2, 0) is 9.53 Å². The van der Waals surface area contributed by atoms with Gasteiger partial charge in [0.05, 0.1) is 25.2 Å². The van der Waals surface area contributed by atoms with Gasteiger partial charge in [0, 0.05) is 30.5 Å². The Morgan fingerprint density at radius 3 is 2.85 bits per heavy atom. The van der Waals surface area contributed by atoms with E-state index in [1.165, 1.54) is 11.0 Å². The number of carbonyl (C=O) groups excluding carboxylic acids is 2. The molecule has 2 aliphatic heterocycles. The summed E-state index contributed by atoms with van der Waals surface area (Å²) in [6.07, 6.45) is 0.0873. The third-order valence-electron chi connectivity index (χ3n) is 4.99. The Kier molecular flexibility index (Phi) is 4.20. The van der Waals surface area contributed by atoms with E-state index in [0.717, 1.165) is 0 Å². The molecule has 1 aromatic carbocycles. The number of nitrogens with zero attached hydrogens (tertiary/aromatic N) is 2. The molecule has 3 heterocycles. The molecule has 26 heavy (non-hydrogen) atoms. The van der Waals surface area contributed by atoms with E-state index in [-0.39, 0.29) is 23.6 Å². The Morgan fingerprint density at radius 1 is 1.23 bits per heavy atom. The molecule has 0 spiro atoms. The van der Waals surface area contributed by atoms with Gasteiger partial charge in [0.15, 0.2) is 0 Å². The summed E-state index contributed by atoms with van der Waals surface area (Å²) < 4.78 is 11.0. The predicted octanol–water partition coefficient (Wildman–Crippen LogP) is 1.52. The number of amides is 2. The van der Waals surface area contributed by atoms with Crippen LogP contribution in [0.2, 0.25) is 5.02 Å². The molecule has 2 fully saturated rings. The van der Waals surface area contributed by atoms with Crippen LogP contribution in [0.25, 0.3) is 11.0 Å². The molecule has 2 atom stereocenters. The Morgan fingerprint density at radius 2 is 2.04 bits per heavy atom. The molecule has 0 aliphatic carbocycles. The molecule has 7 nitrogen and oxygen atoms in total. The largest absolute Gasteiger partial charge is 0.422 e. The maximum Gasteiger partial charge on any atom is 0.349 e. The van der Waals surface area contributed by atoms with Gasteiger partial charge in [0.1, 0.15) is 11.1 Å². The van der Waals surface area contributed by atoms with Gasteiger partial charge in [-0.25, -0.2) is 4.79 Å². The van der Waals surface area contributed by atoms with Gasteiger partial charge in [-0.15, -0.1) is 0 Å². The van der Waals surface area contributed by atoms with Gasteiger partial charge in [0.2, 0.25) is 5.91 Å². The van der Waals surface area contributed by atoms with E-state index >= 15 is 0 Å². The minimum absolute atomic E-state index is 0.00772. The second-order valence-electron chi connectivity index (χ2n) is 6.57. The maximum atomic E-state index is 12.9. The number of ether oxygens (including phenoxy) is 1. The van der Waals surface area contributed by atoms with Crippen LogP contribution in [-0.4, -0.2) is 60.5 Å². The zero-order valence-electron chi connectivity index (χ0n) is 14.1. The second kappa shape index (κ2) is 6.41. The van der Waals surface area contributed by atoms with E-state index in [0.29, 0.717) is 42.1 Å². The Bertz CT molecular complexity index is 956. The first-order valence-corrected chi connectivity index (χ1v) is 8.72. The fraction of sp³-hybridized carbons (Fsp3) is 0.389. The maximum absolute atomic E-state index is 12.9. The summed E-state index contributed by atoms with van der Waals surface area (Å²) in [5, 5.41) is 1.07. The summed E-state index contributed by atoms with van der Waals surface area (Å²) in [4.78, 5) is 40.3. The van der Waals surface area contributed by atoms with Crippen molar-refractivity contribution in [1.29, 1.82) is 0 Å². The second-order valence-corrected chi connectivity index (χ2v) is 7.01. The SMILES string of the molecule is CN1C(=O)CCO[C@H]2CN(C(=O)c3cc4cc(Cl)ccc4oc3=O)C[C@@H]21. The standard InChI is InChI=1S/C18H17ClN2O5/c1-20-13-8-21(9-15(13)25-5-4-16(20)22)17(23)12-7-10-6-11(19)2-3-14(10)26-18(12)24/h2-3,6-7,13,15H,4-5,8-9H2,1H3/t13-,15-/m0/s1. The van der Waals surface area contributed by atoms with E-state index < -0.39 is 11.5 Å². The topological polar surface area (TPSA) is 80.1 Å². The lowest BCUT2D eigenvalue weighted by Gasteiger charge is -2.25. The van der Waals surface area contributed by atoms with E-state index in [4.69, 9.17) is 20.8 Å². The van der Waals surface area contributed by atoms with Crippen LogP contribution >= 0.6 is 11.6 Å². The number of likely N-dealkylation sites (N-methyl/N-ethyl adjacent to an activating group) is 1. The van der Waals surface area contributed by atoms with Crippen molar-refractivity contribution >= 4 is 34.4 Å². The number of hydrogen-bond acceptors (Lipinski definition) is 5. The van der Waals surface area contributed by atoms with Crippen LogP contribution in [0.15, 0.2) is 33.5 Å². The molecule has 0 N–H and O–H groups in total. The summed E-state index contributed by atoms with van der Waals surface area (Å²) in [5.74, 6) is -0.440. The van der Waals surface area contributed by atoms with Crippen molar-refractivity contribution in [2.24, 2.45) is 0 Å². The van der Waals surface area contributed by atoms with E-state index in [1.54, 1.807) is 30.1 Å². The van der Waals surface area contributed by atoms with Gasteiger partial charge >= 0.3 is 5.63 Å². The molecule has 2 aliphatic rings. The number of halogens is 1. The predicted molar refractivity (Wildman–Crippen MR) is 94.3 cm³/mol. The molecule has 0 unspecified atom stereocenters. The molecule has 0 radical (unpaired) electrons. The van der Waals surface area contributed by atoms with E-state index in [1.807, 2.05) is 0 Å². The molecule has 136 valence electrons. The third-order valence-corrected chi connectivity index (χ3v) is 5.22. The number of rotatable bonds is 1. The molecule has 4 rings (SSSR count). The molecule has 2 saturated heterocycles. The highest BCUT2D eigenvalue weighted by Crippen LogP contribution is 2.24. The molecular formula is C18H17ClN2O5. The average Bonchev–Trinajstić information content (AvgIpc) is 2.99. The molecule has 2 amide bonds. The van der Waals surface area contributed by atoms with Gasteiger partial charge < -0.3 is 19.0 Å². The van der Waals surface area contributed by atoms with E-state index in [2.05, 4.69) is 0 Å². The summed E-state index contributed by atoms with van der Waals surface area (Å²) >= 11 is 5.98. The van der Waals surface area contributed by atoms with Gasteiger partial charge in [-0.05, 0) is 24.3 Å². The quantitative estimate of drug-likeness (QED) is 0.705. The number of benzene rings is 1. The summed E-state index contributed by atoms with van der Waals surface area (Å²) in [6.45, 7) is 0.982. The molecule has 1 aromatic heterocycles. The van der Waals surface area contributed by atoms with Crippen molar-refractivity contribution in [3.63, 3.8) is 0 Å². The van der Waals surface area contributed by atoms with Crippen molar-refractivity contribution in [3.05, 3.63) is 45.3 Å². The summed E-state index contributed by atoms with van der Waals surface area (Å²) in [7, 11) is 1.72. The lowest BCUT2D eigenvalue weighted by molar-refractivity contribution is -0.131. The summed E-state index contributed by atoms with van der Waals surface area (Å²) in [5.41, 5.74) is -0.372. The highest BCUT2D eigenvalue weighted by Gasteiger charge is 2.42. The minimum atomic E-state index is -0.692. The number of hydrogen-bond donors (Lipinski definition) is 0. The fourth-order valence-electron chi connectivity index (χ4n) is 3.53. The highest BCUT2D eigenvalue weighted by molar-refractivity contribution is 6.31. The smallest absolute Gasteiger partial charge is 0.349 e. The molecule has 2 aromatic rings. The lowest BCUT2D eigenvalue weighted by atomic mass is 10.1. The van der Waals surface area contributed by atoms with E-state index in [9.17, 15) is 14.4 Å². The number of carbonyl (C=O) groups is 2. The first-order valence-electron chi connectivity index (χ1n) is 8.34. The minimum Gasteiger partial charge on any atom is -0.422 e. The lowest BCUT2D eigenvalue weighted by Crippen LogP contribution is -2.43. The van der Waals surface area contributed by atoms with Gasteiger partial charge in [-0.2, -0.15) is 0 Å².